The van der Waals surface area contributed by atoms with E-state index in [0.717, 1.165) is 5.57 Å². The maximum atomic E-state index is 11.3. The molecule has 0 heterocycles. The average molecular weight is 176 g/mol. The van der Waals surface area contributed by atoms with Crippen molar-refractivity contribution in [3.63, 3.8) is 0 Å². The third-order valence-electron chi connectivity index (χ3n) is 1.41. The van der Waals surface area contributed by atoms with Gasteiger partial charge in [0, 0.05) is 0 Å². The Hall–Kier alpha value is -1.57. The zero-order chi connectivity index (χ0) is 9.68. The first kappa shape index (κ1) is 9.52. The summed E-state index contributed by atoms with van der Waals surface area (Å²) in [6, 6.07) is 8.91. The quantitative estimate of drug-likeness (QED) is 0.511. The van der Waals surface area contributed by atoms with E-state index in [1.807, 2.05) is 19.9 Å². The molecule has 0 amide bonds. The van der Waals surface area contributed by atoms with Gasteiger partial charge in [-0.15, -0.1) is 0 Å². The number of esters is 1. The van der Waals surface area contributed by atoms with E-state index in [4.69, 9.17) is 4.74 Å². The molecule has 1 aromatic carbocycles. The second-order valence-electron chi connectivity index (χ2n) is 2.97. The first-order valence-corrected chi connectivity index (χ1v) is 4.09. The lowest BCUT2D eigenvalue weighted by Crippen LogP contribution is -1.99. The lowest BCUT2D eigenvalue weighted by atomic mass is 10.2. The fourth-order valence-electron chi connectivity index (χ4n) is 0.814. The second kappa shape index (κ2) is 4.45. The Morgan fingerprint density at radius 1 is 1.23 bits per heavy atom. The van der Waals surface area contributed by atoms with Crippen molar-refractivity contribution < 1.29 is 9.53 Å². The lowest BCUT2D eigenvalue weighted by Gasteiger charge is -1.98. The molecule has 0 saturated carbocycles. The summed E-state index contributed by atoms with van der Waals surface area (Å²) in [7, 11) is 0. The van der Waals surface area contributed by atoms with Crippen molar-refractivity contribution in [2.45, 2.75) is 13.8 Å². The Kier molecular flexibility index (Phi) is 3.26. The van der Waals surface area contributed by atoms with Crippen LogP contribution in [-0.2, 0) is 4.74 Å². The first-order chi connectivity index (χ1) is 6.20. The van der Waals surface area contributed by atoms with E-state index in [1.165, 1.54) is 6.26 Å². The van der Waals surface area contributed by atoms with Crippen molar-refractivity contribution in [2.24, 2.45) is 0 Å². The van der Waals surface area contributed by atoms with Crippen LogP contribution >= 0.6 is 0 Å². The maximum absolute atomic E-state index is 11.3. The Labute approximate surface area is 77.8 Å². The molecule has 2 nitrogen and oxygen atoms in total. The predicted octanol–water partition coefficient (Wildman–Crippen LogP) is 2.77. The van der Waals surface area contributed by atoms with Crippen LogP contribution in [0.15, 0.2) is 42.2 Å². The summed E-state index contributed by atoms with van der Waals surface area (Å²) in [6.45, 7) is 3.75. The van der Waals surface area contributed by atoms with E-state index in [0.29, 0.717) is 5.56 Å². The summed E-state index contributed by atoms with van der Waals surface area (Å²) in [5, 5.41) is 0. The van der Waals surface area contributed by atoms with E-state index in [9.17, 15) is 4.79 Å². The number of hydrogen-bond donors (Lipinski definition) is 0. The monoisotopic (exact) mass is 176 g/mol. The van der Waals surface area contributed by atoms with Crippen LogP contribution in [0.1, 0.15) is 24.2 Å². The van der Waals surface area contributed by atoms with Gasteiger partial charge in [-0.1, -0.05) is 18.2 Å². The molecule has 0 saturated heterocycles. The van der Waals surface area contributed by atoms with Crippen molar-refractivity contribution >= 4 is 5.97 Å². The predicted molar refractivity (Wildman–Crippen MR) is 51.3 cm³/mol. The molecule has 1 rings (SSSR count). The summed E-state index contributed by atoms with van der Waals surface area (Å²) >= 11 is 0. The highest BCUT2D eigenvalue weighted by Crippen LogP contribution is 2.02. The van der Waals surface area contributed by atoms with Gasteiger partial charge in [0.2, 0.25) is 0 Å². The fraction of sp³-hybridized carbons (Fsp3) is 0.182. The van der Waals surface area contributed by atoms with E-state index in [2.05, 4.69) is 0 Å². The highest BCUT2D eigenvalue weighted by molar-refractivity contribution is 5.89. The Morgan fingerprint density at radius 2 is 1.85 bits per heavy atom. The number of carbonyl (C=O) groups is 1. The van der Waals surface area contributed by atoms with Crippen molar-refractivity contribution in [2.75, 3.05) is 0 Å². The molecule has 0 radical (unpaired) electrons. The zero-order valence-electron chi connectivity index (χ0n) is 7.78. The van der Waals surface area contributed by atoms with Crippen molar-refractivity contribution in [3.8, 4) is 0 Å². The van der Waals surface area contributed by atoms with Crippen LogP contribution in [0.4, 0.5) is 0 Å². The zero-order valence-corrected chi connectivity index (χ0v) is 7.78. The van der Waals surface area contributed by atoms with Gasteiger partial charge in [0.05, 0.1) is 11.8 Å². The molecule has 0 fully saturated rings. The molecule has 0 aromatic heterocycles. The topological polar surface area (TPSA) is 26.3 Å². The Bertz CT molecular complexity index is 308. The molecular weight excluding hydrogens is 164 g/mol. The van der Waals surface area contributed by atoms with Gasteiger partial charge in [0.1, 0.15) is 0 Å². The van der Waals surface area contributed by atoms with Gasteiger partial charge >= 0.3 is 5.97 Å². The van der Waals surface area contributed by atoms with Crippen LogP contribution in [-0.4, -0.2) is 5.97 Å². The Balaban J connectivity index is 2.65. The minimum atomic E-state index is -0.318. The lowest BCUT2D eigenvalue weighted by molar-refractivity contribution is 0.0660. The third-order valence-corrected chi connectivity index (χ3v) is 1.41. The van der Waals surface area contributed by atoms with E-state index < -0.39 is 0 Å². The fourth-order valence-corrected chi connectivity index (χ4v) is 0.814. The van der Waals surface area contributed by atoms with Crippen LogP contribution in [0.3, 0.4) is 0 Å². The third kappa shape index (κ3) is 3.11. The van der Waals surface area contributed by atoms with Gasteiger partial charge in [0.25, 0.3) is 0 Å². The van der Waals surface area contributed by atoms with Gasteiger partial charge in [-0.25, -0.2) is 4.79 Å². The number of benzene rings is 1. The normalized spacial score (nSPS) is 9.08. The van der Waals surface area contributed by atoms with Crippen LogP contribution in [0, 0.1) is 0 Å². The summed E-state index contributed by atoms with van der Waals surface area (Å²) < 4.78 is 4.89. The minimum absolute atomic E-state index is 0.318. The van der Waals surface area contributed by atoms with Crippen LogP contribution in [0.2, 0.25) is 0 Å². The van der Waals surface area contributed by atoms with Crippen molar-refractivity contribution in [1.82, 2.24) is 0 Å². The van der Waals surface area contributed by atoms with Gasteiger partial charge < -0.3 is 4.74 Å². The summed E-state index contributed by atoms with van der Waals surface area (Å²) in [6.07, 6.45) is 1.45. The minimum Gasteiger partial charge on any atom is -0.431 e. The molecule has 0 spiro atoms. The molecule has 0 N–H and O–H groups in total. The van der Waals surface area contributed by atoms with Crippen molar-refractivity contribution in [1.29, 1.82) is 0 Å². The van der Waals surface area contributed by atoms with E-state index in [1.54, 1.807) is 24.3 Å². The van der Waals surface area contributed by atoms with E-state index >= 15 is 0 Å². The van der Waals surface area contributed by atoms with Gasteiger partial charge in [0.15, 0.2) is 0 Å². The molecule has 2 heteroatoms. The average Bonchev–Trinajstić information content (AvgIpc) is 2.15. The van der Waals surface area contributed by atoms with Gasteiger partial charge in [-0.05, 0) is 31.6 Å². The van der Waals surface area contributed by atoms with Gasteiger partial charge in [-0.2, -0.15) is 0 Å². The number of allylic oxidation sites excluding steroid dienone is 1. The smallest absolute Gasteiger partial charge is 0.342 e. The largest absolute Gasteiger partial charge is 0.431 e. The molecule has 0 aliphatic carbocycles. The molecule has 0 bridgehead atoms. The number of rotatable bonds is 2. The van der Waals surface area contributed by atoms with E-state index in [-0.39, 0.29) is 5.97 Å². The molecule has 0 aliphatic rings. The Morgan fingerprint density at radius 3 is 2.38 bits per heavy atom. The SMILES string of the molecule is CC(C)=COC(=O)c1ccccc1. The molecule has 0 unspecified atom stereocenters. The van der Waals surface area contributed by atoms with Crippen LogP contribution in [0.5, 0.6) is 0 Å². The molecule has 68 valence electrons. The van der Waals surface area contributed by atoms with Crippen LogP contribution < -0.4 is 0 Å². The first-order valence-electron chi connectivity index (χ1n) is 4.09. The summed E-state index contributed by atoms with van der Waals surface area (Å²) in [4.78, 5) is 11.3. The maximum Gasteiger partial charge on any atom is 0.342 e. The summed E-state index contributed by atoms with van der Waals surface area (Å²) in [5.74, 6) is -0.318. The van der Waals surface area contributed by atoms with Crippen molar-refractivity contribution in [3.05, 3.63) is 47.7 Å². The molecule has 0 atom stereocenters. The highest BCUT2D eigenvalue weighted by atomic mass is 16.5. The standard InChI is InChI=1S/C11H12O2/c1-9(2)8-13-11(12)10-6-4-3-5-7-10/h3-8H,1-2H3. The molecule has 1 aromatic rings. The highest BCUT2D eigenvalue weighted by Gasteiger charge is 2.02. The number of ether oxygens (including phenoxy) is 1. The van der Waals surface area contributed by atoms with Gasteiger partial charge in [-0.3, -0.25) is 0 Å². The summed E-state index contributed by atoms with van der Waals surface area (Å²) in [5.41, 5.74) is 1.53. The number of carbonyl (C=O) groups excluding carboxylic acids is 1. The molecule has 0 aliphatic heterocycles. The molecule has 13 heavy (non-hydrogen) atoms. The number of hydrogen-bond acceptors (Lipinski definition) is 2. The molecular formula is C11H12O2. The second-order valence-corrected chi connectivity index (χ2v) is 2.97. The van der Waals surface area contributed by atoms with Crippen LogP contribution in [0.25, 0.3) is 0 Å².